The van der Waals surface area contributed by atoms with Gasteiger partial charge in [0.15, 0.2) is 0 Å². The number of nitrogens with zero attached hydrogens (tertiary/aromatic N) is 3. The predicted molar refractivity (Wildman–Crippen MR) is 196 cm³/mol. The van der Waals surface area contributed by atoms with Gasteiger partial charge >= 0.3 is 0 Å². The molecule has 10 rings (SSSR count). The number of aromatic nitrogens is 5. The molecule has 2 unspecified atom stereocenters. The molecule has 6 heteroatoms. The van der Waals surface area contributed by atoms with Crippen molar-refractivity contribution in [1.29, 1.82) is 0 Å². The van der Waals surface area contributed by atoms with Crippen LogP contribution in [0.3, 0.4) is 0 Å². The molecule has 1 aliphatic heterocycles. The molecular formula is C42H32N6. The summed E-state index contributed by atoms with van der Waals surface area (Å²) in [6.45, 7) is 0. The number of H-pyrrole nitrogens is 2. The Morgan fingerprint density at radius 2 is 0.979 bits per heavy atom. The second-order valence-corrected chi connectivity index (χ2v) is 12.6. The van der Waals surface area contributed by atoms with Crippen molar-refractivity contribution in [2.45, 2.75) is 6.04 Å². The van der Waals surface area contributed by atoms with Crippen LogP contribution in [0.1, 0.15) is 5.69 Å². The summed E-state index contributed by atoms with van der Waals surface area (Å²) < 4.78 is 6.86. The molecule has 3 aromatic carbocycles. The Kier molecular flexibility index (Phi) is 5.90. The first-order chi connectivity index (χ1) is 23.7. The molecule has 1 aliphatic carbocycles. The summed E-state index contributed by atoms with van der Waals surface area (Å²) in [7, 11) is 0. The normalized spacial score (nSPS) is 16.9. The first-order valence-corrected chi connectivity index (χ1v) is 16.4. The van der Waals surface area contributed by atoms with Gasteiger partial charge in [0.2, 0.25) is 0 Å². The standard InChI is InChI=1S/C42H32N6/c1-4-13-34-28(10-1)22-37(43-34)40-16-7-19-46(40)31-25-32(47-20-8-17-41(47)38-23-29-11-2-5-14-35(29)44-38)27-33(26-31)48-21-9-18-42(48)39-24-30-12-3-6-15-36(30)45-39/h1-28,34,43-45H. The van der Waals surface area contributed by atoms with Crippen LogP contribution in [0.4, 0.5) is 0 Å². The van der Waals surface area contributed by atoms with E-state index in [4.69, 9.17) is 0 Å². The largest absolute Gasteiger partial charge is 0.376 e. The Labute approximate surface area is 277 Å². The maximum atomic E-state index is 3.76. The van der Waals surface area contributed by atoms with Gasteiger partial charge in [-0.3, -0.25) is 0 Å². The van der Waals surface area contributed by atoms with Gasteiger partial charge in [-0.05, 0) is 84.9 Å². The minimum atomic E-state index is 0.285. The second-order valence-electron chi connectivity index (χ2n) is 12.6. The van der Waals surface area contributed by atoms with E-state index in [-0.39, 0.29) is 6.04 Å². The fourth-order valence-electron chi connectivity index (χ4n) is 7.40. The molecule has 0 spiro atoms. The lowest BCUT2D eigenvalue weighted by Gasteiger charge is -2.19. The minimum absolute atomic E-state index is 0.285. The maximum Gasteiger partial charge on any atom is 0.0691 e. The third-order valence-corrected chi connectivity index (χ3v) is 9.71. The lowest BCUT2D eigenvalue weighted by Crippen LogP contribution is -2.26. The summed E-state index contributed by atoms with van der Waals surface area (Å²) in [5.74, 6) is 0.354. The van der Waals surface area contributed by atoms with Crippen molar-refractivity contribution >= 4 is 27.5 Å². The van der Waals surface area contributed by atoms with Crippen LogP contribution in [0.15, 0.2) is 164 Å². The van der Waals surface area contributed by atoms with E-state index >= 15 is 0 Å². The van der Waals surface area contributed by atoms with E-state index in [2.05, 4.69) is 193 Å². The smallest absolute Gasteiger partial charge is 0.0691 e. The SMILES string of the molecule is C1=CC2C=C(c3cccn3-c3cc(-n4cccc4-c4cc5ccccc5[nH]4)cc(-n4cccc4-c4cc5ccccc5[nH]4)c3)NC2C=C1. The molecule has 0 saturated carbocycles. The summed E-state index contributed by atoms with van der Waals surface area (Å²) in [6, 6.07) is 41.4. The van der Waals surface area contributed by atoms with E-state index in [0.717, 1.165) is 62.3 Å². The Morgan fingerprint density at radius 3 is 1.52 bits per heavy atom. The van der Waals surface area contributed by atoms with Crippen LogP contribution in [0.5, 0.6) is 0 Å². The molecule has 0 bridgehead atoms. The van der Waals surface area contributed by atoms with Crippen LogP contribution in [-0.4, -0.2) is 29.7 Å². The van der Waals surface area contributed by atoms with Crippen molar-refractivity contribution in [2.75, 3.05) is 0 Å². The molecule has 6 heterocycles. The zero-order valence-electron chi connectivity index (χ0n) is 26.1. The Balaban J connectivity index is 1.14. The average molecular weight is 621 g/mol. The topological polar surface area (TPSA) is 58.4 Å². The number of allylic oxidation sites excluding steroid dienone is 2. The van der Waals surface area contributed by atoms with E-state index in [0.29, 0.717) is 5.92 Å². The zero-order valence-corrected chi connectivity index (χ0v) is 26.1. The van der Waals surface area contributed by atoms with Gasteiger partial charge in [0.25, 0.3) is 0 Å². The highest BCUT2D eigenvalue weighted by Gasteiger charge is 2.26. The van der Waals surface area contributed by atoms with Crippen LogP contribution in [-0.2, 0) is 0 Å². The molecule has 0 fully saturated rings. The summed E-state index contributed by atoms with van der Waals surface area (Å²) >= 11 is 0. The second kappa shape index (κ2) is 10.6. The Morgan fingerprint density at radius 1 is 0.479 bits per heavy atom. The van der Waals surface area contributed by atoms with Crippen LogP contribution in [0.2, 0.25) is 0 Å². The molecule has 0 amide bonds. The Bertz CT molecular complexity index is 2380. The third-order valence-electron chi connectivity index (χ3n) is 9.71. The summed E-state index contributed by atoms with van der Waals surface area (Å²) in [5.41, 5.74) is 12.2. The Hall–Kier alpha value is -6.40. The molecule has 8 aromatic rings. The molecule has 6 nitrogen and oxygen atoms in total. The zero-order chi connectivity index (χ0) is 31.6. The molecule has 3 N–H and O–H groups in total. The van der Waals surface area contributed by atoms with Gasteiger partial charge in [0.1, 0.15) is 0 Å². The molecule has 230 valence electrons. The van der Waals surface area contributed by atoms with Gasteiger partial charge in [-0.2, -0.15) is 0 Å². The van der Waals surface area contributed by atoms with Gasteiger partial charge in [0, 0.05) is 63.4 Å². The summed E-state index contributed by atoms with van der Waals surface area (Å²) in [4.78, 5) is 7.29. The number of para-hydroxylation sites is 2. The van der Waals surface area contributed by atoms with Gasteiger partial charge < -0.3 is 29.0 Å². The van der Waals surface area contributed by atoms with Gasteiger partial charge in [-0.1, -0.05) is 60.7 Å². The molecular weight excluding hydrogens is 589 g/mol. The number of fused-ring (bicyclic) bond motifs is 3. The number of benzene rings is 3. The van der Waals surface area contributed by atoms with Crippen molar-refractivity contribution in [3.63, 3.8) is 0 Å². The van der Waals surface area contributed by atoms with Crippen molar-refractivity contribution in [3.8, 4) is 39.8 Å². The number of hydrogen-bond donors (Lipinski definition) is 3. The number of nitrogens with one attached hydrogen (secondary N) is 3. The third kappa shape index (κ3) is 4.34. The van der Waals surface area contributed by atoms with E-state index in [1.807, 2.05) is 0 Å². The summed E-state index contributed by atoms with van der Waals surface area (Å²) in [5, 5.41) is 6.16. The molecule has 5 aromatic heterocycles. The number of hydrogen-bond acceptors (Lipinski definition) is 1. The van der Waals surface area contributed by atoms with E-state index in [1.165, 1.54) is 10.8 Å². The lowest BCUT2D eigenvalue weighted by molar-refractivity contribution is 0.653. The number of aromatic amines is 2. The van der Waals surface area contributed by atoms with Crippen LogP contribution < -0.4 is 5.32 Å². The number of rotatable bonds is 6. The molecule has 0 saturated heterocycles. The van der Waals surface area contributed by atoms with E-state index < -0.39 is 0 Å². The first-order valence-electron chi connectivity index (χ1n) is 16.4. The van der Waals surface area contributed by atoms with Gasteiger partial charge in [-0.15, -0.1) is 0 Å². The molecule has 2 atom stereocenters. The van der Waals surface area contributed by atoms with E-state index in [9.17, 15) is 0 Å². The maximum absolute atomic E-state index is 3.76. The first kappa shape index (κ1) is 26.8. The summed E-state index contributed by atoms with van der Waals surface area (Å²) in [6.07, 6.45) is 17.6. The van der Waals surface area contributed by atoms with Crippen LogP contribution in [0, 0.1) is 5.92 Å². The molecule has 48 heavy (non-hydrogen) atoms. The monoisotopic (exact) mass is 620 g/mol. The van der Waals surface area contributed by atoms with Crippen LogP contribution >= 0.6 is 0 Å². The molecule has 2 aliphatic rings. The fourth-order valence-corrected chi connectivity index (χ4v) is 7.40. The van der Waals surface area contributed by atoms with Gasteiger partial charge in [0.05, 0.1) is 40.2 Å². The lowest BCUT2D eigenvalue weighted by atomic mass is 9.98. The quantitative estimate of drug-likeness (QED) is 0.170. The highest BCUT2D eigenvalue weighted by atomic mass is 15.1. The van der Waals surface area contributed by atoms with Crippen molar-refractivity contribution < 1.29 is 0 Å². The molecule has 0 radical (unpaired) electrons. The average Bonchev–Trinajstić information content (AvgIpc) is 3.97. The van der Waals surface area contributed by atoms with Gasteiger partial charge in [-0.25, -0.2) is 0 Å². The minimum Gasteiger partial charge on any atom is -0.376 e. The highest BCUT2D eigenvalue weighted by molar-refractivity contribution is 5.87. The van der Waals surface area contributed by atoms with E-state index in [1.54, 1.807) is 0 Å². The highest BCUT2D eigenvalue weighted by Crippen LogP contribution is 2.34. The van der Waals surface area contributed by atoms with Crippen LogP contribution in [0.25, 0.3) is 67.3 Å². The fraction of sp³-hybridized carbons (Fsp3) is 0.0476. The van der Waals surface area contributed by atoms with Crippen molar-refractivity contribution in [1.82, 2.24) is 29.0 Å². The van der Waals surface area contributed by atoms with Crippen molar-refractivity contribution in [3.05, 3.63) is 170 Å². The predicted octanol–water partition coefficient (Wildman–Crippen LogP) is 9.41. The van der Waals surface area contributed by atoms with Crippen molar-refractivity contribution in [2.24, 2.45) is 5.92 Å².